The minimum Gasteiger partial charge on any atom is -0.379 e. The van der Waals surface area contributed by atoms with Crippen LogP contribution >= 0.6 is 0 Å². The summed E-state index contributed by atoms with van der Waals surface area (Å²) in [5.41, 5.74) is 0.919. The van der Waals surface area contributed by atoms with Gasteiger partial charge in [-0.2, -0.15) is 0 Å². The van der Waals surface area contributed by atoms with E-state index in [1.807, 2.05) is 12.1 Å². The van der Waals surface area contributed by atoms with Gasteiger partial charge >= 0.3 is 0 Å². The van der Waals surface area contributed by atoms with E-state index in [0.29, 0.717) is 6.54 Å². The van der Waals surface area contributed by atoms with Crippen LogP contribution in [0.2, 0.25) is 0 Å². The lowest BCUT2D eigenvalue weighted by Gasteiger charge is -2.29. The second kappa shape index (κ2) is 5.65. The van der Waals surface area contributed by atoms with Crippen molar-refractivity contribution < 1.29 is 4.39 Å². The standard InChI is InChI=1S/C11H17FN4/c12-3-5-14-10-2-1-4-15-11(10)16-8-6-13-7-9-16/h1-2,4,13-14H,3,5-9H2. The zero-order chi connectivity index (χ0) is 11.2. The third-order valence-electron chi connectivity index (χ3n) is 2.61. The first-order valence-corrected chi connectivity index (χ1v) is 5.62. The van der Waals surface area contributed by atoms with Gasteiger partial charge in [-0.1, -0.05) is 0 Å². The molecule has 0 spiro atoms. The lowest BCUT2D eigenvalue weighted by Crippen LogP contribution is -2.44. The molecule has 0 amide bonds. The maximum Gasteiger partial charge on any atom is 0.152 e. The molecule has 0 aromatic carbocycles. The summed E-state index contributed by atoms with van der Waals surface area (Å²) >= 11 is 0. The molecule has 2 heterocycles. The minimum absolute atomic E-state index is 0.338. The van der Waals surface area contributed by atoms with Crippen LogP contribution in [0.3, 0.4) is 0 Å². The van der Waals surface area contributed by atoms with Gasteiger partial charge in [0.2, 0.25) is 0 Å². The van der Waals surface area contributed by atoms with Gasteiger partial charge in [-0.25, -0.2) is 9.37 Å². The molecule has 0 radical (unpaired) electrons. The highest BCUT2D eigenvalue weighted by molar-refractivity contribution is 5.65. The molecular formula is C11H17FN4. The summed E-state index contributed by atoms with van der Waals surface area (Å²) in [6, 6.07) is 3.81. The van der Waals surface area contributed by atoms with Crippen LogP contribution in [-0.2, 0) is 0 Å². The molecule has 0 bridgehead atoms. The van der Waals surface area contributed by atoms with E-state index < -0.39 is 0 Å². The van der Waals surface area contributed by atoms with E-state index in [1.165, 1.54) is 0 Å². The highest BCUT2D eigenvalue weighted by Gasteiger charge is 2.14. The van der Waals surface area contributed by atoms with Crippen LogP contribution < -0.4 is 15.5 Å². The van der Waals surface area contributed by atoms with Crippen molar-refractivity contribution in [3.05, 3.63) is 18.3 Å². The number of alkyl halides is 1. The van der Waals surface area contributed by atoms with Crippen molar-refractivity contribution >= 4 is 11.5 Å². The molecule has 2 rings (SSSR count). The van der Waals surface area contributed by atoms with Crippen molar-refractivity contribution in [3.8, 4) is 0 Å². The van der Waals surface area contributed by atoms with Crippen molar-refractivity contribution in [1.29, 1.82) is 0 Å². The molecule has 1 aliphatic rings. The Labute approximate surface area is 94.9 Å². The first kappa shape index (κ1) is 11.1. The van der Waals surface area contributed by atoms with E-state index in [-0.39, 0.29) is 6.67 Å². The van der Waals surface area contributed by atoms with Crippen LogP contribution in [0.15, 0.2) is 18.3 Å². The molecule has 0 unspecified atom stereocenters. The molecule has 1 aliphatic heterocycles. The Kier molecular flexibility index (Phi) is 3.93. The lowest BCUT2D eigenvalue weighted by molar-refractivity contribution is 0.512. The van der Waals surface area contributed by atoms with Gasteiger partial charge in [0, 0.05) is 38.9 Å². The van der Waals surface area contributed by atoms with E-state index in [0.717, 1.165) is 37.7 Å². The maximum absolute atomic E-state index is 12.1. The first-order chi connectivity index (χ1) is 7.92. The van der Waals surface area contributed by atoms with Crippen LogP contribution in [0.5, 0.6) is 0 Å². The Morgan fingerprint density at radius 2 is 2.25 bits per heavy atom. The highest BCUT2D eigenvalue weighted by Crippen LogP contribution is 2.22. The van der Waals surface area contributed by atoms with Gasteiger partial charge in [0.1, 0.15) is 6.67 Å². The van der Waals surface area contributed by atoms with Crippen LogP contribution in [0.4, 0.5) is 15.9 Å². The fraction of sp³-hybridized carbons (Fsp3) is 0.545. The Balaban J connectivity index is 2.11. The van der Waals surface area contributed by atoms with Crippen molar-refractivity contribution in [3.63, 3.8) is 0 Å². The summed E-state index contributed by atoms with van der Waals surface area (Å²) in [5, 5.41) is 6.36. The average Bonchev–Trinajstić information content (AvgIpc) is 2.38. The summed E-state index contributed by atoms with van der Waals surface area (Å²) in [7, 11) is 0. The Morgan fingerprint density at radius 1 is 1.44 bits per heavy atom. The largest absolute Gasteiger partial charge is 0.379 e. The monoisotopic (exact) mass is 224 g/mol. The number of hydrogen-bond donors (Lipinski definition) is 2. The molecule has 1 saturated heterocycles. The Hall–Kier alpha value is -1.36. The molecular weight excluding hydrogens is 207 g/mol. The van der Waals surface area contributed by atoms with Crippen molar-refractivity contribution in [2.24, 2.45) is 0 Å². The molecule has 16 heavy (non-hydrogen) atoms. The molecule has 4 nitrogen and oxygen atoms in total. The first-order valence-electron chi connectivity index (χ1n) is 5.62. The Morgan fingerprint density at radius 3 is 3.00 bits per heavy atom. The van der Waals surface area contributed by atoms with Gasteiger partial charge in [-0.05, 0) is 12.1 Å². The SMILES string of the molecule is FCCNc1cccnc1N1CCNCC1. The van der Waals surface area contributed by atoms with Crippen molar-refractivity contribution in [2.75, 3.05) is 49.6 Å². The third kappa shape index (κ3) is 2.61. The second-order valence-corrected chi connectivity index (χ2v) is 3.73. The fourth-order valence-corrected chi connectivity index (χ4v) is 1.85. The van der Waals surface area contributed by atoms with E-state index >= 15 is 0 Å². The zero-order valence-electron chi connectivity index (χ0n) is 9.25. The van der Waals surface area contributed by atoms with Crippen molar-refractivity contribution in [1.82, 2.24) is 10.3 Å². The topological polar surface area (TPSA) is 40.2 Å². The number of nitrogens with zero attached hydrogens (tertiary/aromatic N) is 2. The molecule has 1 aromatic rings. The summed E-state index contributed by atoms with van der Waals surface area (Å²) in [5.74, 6) is 0.928. The number of anilines is 2. The maximum atomic E-state index is 12.1. The van der Waals surface area contributed by atoms with Crippen LogP contribution in [0.25, 0.3) is 0 Å². The van der Waals surface area contributed by atoms with E-state index in [9.17, 15) is 4.39 Å². The molecule has 88 valence electrons. The fourth-order valence-electron chi connectivity index (χ4n) is 1.85. The average molecular weight is 224 g/mol. The predicted molar refractivity (Wildman–Crippen MR) is 63.8 cm³/mol. The number of piperazine rings is 1. The van der Waals surface area contributed by atoms with Gasteiger partial charge in [0.25, 0.3) is 0 Å². The molecule has 1 aromatic heterocycles. The number of halogens is 1. The van der Waals surface area contributed by atoms with Gasteiger partial charge in [-0.15, -0.1) is 0 Å². The number of rotatable bonds is 4. The van der Waals surface area contributed by atoms with Gasteiger partial charge in [-0.3, -0.25) is 0 Å². The molecule has 0 atom stereocenters. The summed E-state index contributed by atoms with van der Waals surface area (Å²) in [6.07, 6.45) is 1.78. The number of aromatic nitrogens is 1. The molecule has 1 fully saturated rings. The minimum atomic E-state index is -0.365. The molecule has 0 saturated carbocycles. The summed E-state index contributed by atoms with van der Waals surface area (Å²) < 4.78 is 12.1. The smallest absolute Gasteiger partial charge is 0.152 e. The summed E-state index contributed by atoms with van der Waals surface area (Å²) in [6.45, 7) is 3.81. The van der Waals surface area contributed by atoms with E-state index in [4.69, 9.17) is 0 Å². The van der Waals surface area contributed by atoms with Gasteiger partial charge in [0.05, 0.1) is 5.69 Å². The number of nitrogens with one attached hydrogen (secondary N) is 2. The second-order valence-electron chi connectivity index (χ2n) is 3.73. The quantitative estimate of drug-likeness (QED) is 0.796. The Bertz CT molecular complexity index is 326. The van der Waals surface area contributed by atoms with Crippen LogP contribution in [0, 0.1) is 0 Å². The summed E-state index contributed by atoms with van der Waals surface area (Å²) in [4.78, 5) is 6.59. The van der Waals surface area contributed by atoms with Crippen LogP contribution in [0.1, 0.15) is 0 Å². The molecule has 2 N–H and O–H groups in total. The predicted octanol–water partition coefficient (Wildman–Crippen LogP) is 0.873. The van der Waals surface area contributed by atoms with Gasteiger partial charge in [0.15, 0.2) is 5.82 Å². The van der Waals surface area contributed by atoms with Gasteiger partial charge < -0.3 is 15.5 Å². The number of pyridine rings is 1. The third-order valence-corrected chi connectivity index (χ3v) is 2.61. The zero-order valence-corrected chi connectivity index (χ0v) is 9.25. The molecule has 5 heteroatoms. The lowest BCUT2D eigenvalue weighted by atomic mass is 10.3. The van der Waals surface area contributed by atoms with Crippen LogP contribution in [-0.4, -0.2) is 44.4 Å². The number of hydrogen-bond acceptors (Lipinski definition) is 4. The van der Waals surface area contributed by atoms with E-state index in [1.54, 1.807) is 6.20 Å². The molecule has 0 aliphatic carbocycles. The highest BCUT2D eigenvalue weighted by atomic mass is 19.1. The normalized spacial score (nSPS) is 16.2. The van der Waals surface area contributed by atoms with Crippen molar-refractivity contribution in [2.45, 2.75) is 0 Å². The van der Waals surface area contributed by atoms with E-state index in [2.05, 4.69) is 20.5 Å².